The molecule has 1 unspecified atom stereocenters. The largest absolute Gasteiger partial charge is 0.508 e. The highest BCUT2D eigenvalue weighted by molar-refractivity contribution is 5.79. The Morgan fingerprint density at radius 2 is 2.25 bits per heavy atom. The van der Waals surface area contributed by atoms with Crippen LogP contribution < -0.4 is 0 Å². The molecule has 2 N–H and O–H groups in total. The lowest BCUT2D eigenvalue weighted by molar-refractivity contribution is -0.139. The maximum absolute atomic E-state index is 11.8. The molecule has 0 saturated heterocycles. The highest BCUT2D eigenvalue weighted by atomic mass is 16.6. The number of hydrogen-bond donors (Lipinski definition) is 2. The number of fused-ring (bicyclic) bond motifs is 1. The molecule has 1 aromatic rings. The first-order valence-electron chi connectivity index (χ1n) is 6.10. The molecule has 0 radical (unpaired) electrons. The van der Waals surface area contributed by atoms with E-state index in [2.05, 4.69) is 6.58 Å². The number of carboxylic acid groups (broad SMARTS) is 1. The molecule has 2 rings (SSSR count). The second kappa shape index (κ2) is 5.64. The molecule has 0 aromatic heterocycles. The Morgan fingerprint density at radius 3 is 2.90 bits per heavy atom. The van der Waals surface area contributed by atoms with E-state index in [0.717, 1.165) is 0 Å². The Morgan fingerprint density at radius 1 is 1.50 bits per heavy atom. The van der Waals surface area contributed by atoms with Gasteiger partial charge in [-0.3, -0.25) is 4.79 Å². The van der Waals surface area contributed by atoms with Crippen LogP contribution in [0.2, 0.25) is 0 Å². The summed E-state index contributed by atoms with van der Waals surface area (Å²) in [7, 11) is 0. The molecule has 1 amide bonds. The molecule has 6 heteroatoms. The Kier molecular flexibility index (Phi) is 3.93. The molecule has 106 valence electrons. The quantitative estimate of drug-likeness (QED) is 0.821. The third kappa shape index (κ3) is 2.74. The van der Waals surface area contributed by atoms with Crippen LogP contribution in [0.4, 0.5) is 4.79 Å². The van der Waals surface area contributed by atoms with E-state index in [1.54, 1.807) is 6.07 Å². The van der Waals surface area contributed by atoms with E-state index in [0.29, 0.717) is 11.1 Å². The molecule has 1 aliphatic heterocycles. The van der Waals surface area contributed by atoms with Gasteiger partial charge in [0.15, 0.2) is 0 Å². The number of aliphatic carboxylic acids is 1. The molecule has 6 nitrogen and oxygen atoms in total. The molecule has 0 saturated carbocycles. The first-order chi connectivity index (χ1) is 9.52. The third-order valence-electron chi connectivity index (χ3n) is 3.15. The first-order valence-corrected chi connectivity index (χ1v) is 6.10. The maximum Gasteiger partial charge on any atom is 0.410 e. The number of rotatable bonds is 3. The first kappa shape index (κ1) is 13.9. The molecule has 20 heavy (non-hydrogen) atoms. The number of carbonyl (C=O) groups is 2. The van der Waals surface area contributed by atoms with E-state index in [-0.39, 0.29) is 25.4 Å². The predicted molar refractivity (Wildman–Crippen MR) is 70.4 cm³/mol. The van der Waals surface area contributed by atoms with E-state index in [9.17, 15) is 19.8 Å². The van der Waals surface area contributed by atoms with Gasteiger partial charge in [0, 0.05) is 13.1 Å². The highest BCUT2D eigenvalue weighted by Crippen LogP contribution is 2.31. The van der Waals surface area contributed by atoms with Crippen molar-refractivity contribution in [2.75, 3.05) is 13.2 Å². The summed E-state index contributed by atoms with van der Waals surface area (Å²) < 4.78 is 4.92. The molecular formula is C14H15NO5. The molecule has 1 aromatic carbocycles. The van der Waals surface area contributed by atoms with Crippen LogP contribution in [-0.4, -0.2) is 40.3 Å². The summed E-state index contributed by atoms with van der Waals surface area (Å²) >= 11 is 0. The maximum atomic E-state index is 11.8. The fourth-order valence-electron chi connectivity index (χ4n) is 2.21. The van der Waals surface area contributed by atoms with Gasteiger partial charge in [0.25, 0.3) is 0 Å². The molecule has 0 bridgehead atoms. The van der Waals surface area contributed by atoms with Crippen LogP contribution in [0.1, 0.15) is 17.0 Å². The fourth-order valence-corrected chi connectivity index (χ4v) is 2.21. The van der Waals surface area contributed by atoms with E-state index in [1.807, 2.05) is 0 Å². The second-order valence-electron chi connectivity index (χ2n) is 4.52. The van der Waals surface area contributed by atoms with Crippen molar-refractivity contribution in [1.82, 2.24) is 4.90 Å². The average Bonchev–Trinajstić information content (AvgIpc) is 2.43. The zero-order valence-electron chi connectivity index (χ0n) is 10.8. The molecule has 1 atom stereocenters. The molecule has 0 spiro atoms. The Labute approximate surface area is 115 Å². The second-order valence-corrected chi connectivity index (χ2v) is 4.52. The van der Waals surface area contributed by atoms with Crippen molar-refractivity contribution in [3.05, 3.63) is 42.0 Å². The summed E-state index contributed by atoms with van der Waals surface area (Å²) in [4.78, 5) is 24.5. The molecule has 0 fully saturated rings. The lowest BCUT2D eigenvalue weighted by Gasteiger charge is -2.32. The van der Waals surface area contributed by atoms with Crippen molar-refractivity contribution >= 4 is 12.1 Å². The van der Waals surface area contributed by atoms with Crippen molar-refractivity contribution in [2.45, 2.75) is 12.5 Å². The standard InChI is InChI=1S/C14H15NO5/c1-2-5-20-14(19)15-7-9-3-4-10(16)6-11(9)12(8-15)13(17)18/h2-4,6,12,16H,1,5,7-8H2,(H,17,18). The summed E-state index contributed by atoms with van der Waals surface area (Å²) in [5.41, 5.74) is 1.22. The van der Waals surface area contributed by atoms with Gasteiger partial charge in [-0.2, -0.15) is 0 Å². The predicted octanol–water partition coefficient (Wildman–Crippen LogP) is 1.70. The lowest BCUT2D eigenvalue weighted by atomic mass is 9.90. The normalized spacial score (nSPS) is 17.2. The van der Waals surface area contributed by atoms with Crippen molar-refractivity contribution < 1.29 is 24.5 Å². The minimum Gasteiger partial charge on any atom is -0.508 e. The summed E-state index contributed by atoms with van der Waals surface area (Å²) in [6.45, 7) is 3.80. The van der Waals surface area contributed by atoms with E-state index in [1.165, 1.54) is 23.1 Å². The van der Waals surface area contributed by atoms with Crippen LogP contribution in [0.15, 0.2) is 30.9 Å². The SMILES string of the molecule is C=CCOC(=O)N1Cc2ccc(O)cc2C(C(=O)O)C1. The lowest BCUT2D eigenvalue weighted by Crippen LogP contribution is -2.40. The summed E-state index contributed by atoms with van der Waals surface area (Å²) in [5.74, 6) is -1.90. The van der Waals surface area contributed by atoms with Gasteiger partial charge in [-0.25, -0.2) is 4.79 Å². The van der Waals surface area contributed by atoms with Gasteiger partial charge in [-0.15, -0.1) is 0 Å². The van der Waals surface area contributed by atoms with Crippen molar-refractivity contribution in [2.24, 2.45) is 0 Å². The molecular weight excluding hydrogens is 262 g/mol. The molecule has 0 aliphatic carbocycles. The van der Waals surface area contributed by atoms with Crippen molar-refractivity contribution in [3.63, 3.8) is 0 Å². The monoisotopic (exact) mass is 277 g/mol. The smallest absolute Gasteiger partial charge is 0.410 e. The summed E-state index contributed by atoms with van der Waals surface area (Å²) in [6.07, 6.45) is 0.873. The van der Waals surface area contributed by atoms with E-state index in [4.69, 9.17) is 4.74 Å². The number of hydrogen-bond acceptors (Lipinski definition) is 4. The number of phenols is 1. The summed E-state index contributed by atoms with van der Waals surface area (Å²) in [6, 6.07) is 4.52. The Balaban J connectivity index is 2.27. The number of nitrogens with zero attached hydrogens (tertiary/aromatic N) is 1. The fraction of sp³-hybridized carbons (Fsp3) is 0.286. The average molecular weight is 277 g/mol. The van der Waals surface area contributed by atoms with Gasteiger partial charge in [0.2, 0.25) is 0 Å². The number of amides is 1. The summed E-state index contributed by atoms with van der Waals surface area (Å²) in [5, 5.41) is 18.7. The van der Waals surface area contributed by atoms with Gasteiger partial charge >= 0.3 is 12.1 Å². The number of ether oxygens (including phenoxy) is 1. The van der Waals surface area contributed by atoms with Gasteiger partial charge < -0.3 is 19.8 Å². The van der Waals surface area contributed by atoms with Crippen LogP contribution in [0, 0.1) is 0 Å². The van der Waals surface area contributed by atoms with Gasteiger partial charge in [-0.05, 0) is 23.3 Å². The van der Waals surface area contributed by atoms with Crippen LogP contribution in [-0.2, 0) is 16.1 Å². The molecule has 1 heterocycles. The topological polar surface area (TPSA) is 87.1 Å². The van der Waals surface area contributed by atoms with Crippen molar-refractivity contribution in [1.29, 1.82) is 0 Å². The number of phenolic OH excluding ortho intramolecular Hbond substituents is 1. The van der Waals surface area contributed by atoms with E-state index >= 15 is 0 Å². The zero-order valence-corrected chi connectivity index (χ0v) is 10.8. The minimum absolute atomic E-state index is 0.0117. The Bertz CT molecular complexity index is 554. The highest BCUT2D eigenvalue weighted by Gasteiger charge is 2.33. The zero-order chi connectivity index (χ0) is 14.7. The number of carboxylic acids is 1. The van der Waals surface area contributed by atoms with Gasteiger partial charge in [0.1, 0.15) is 12.4 Å². The van der Waals surface area contributed by atoms with Crippen LogP contribution >= 0.6 is 0 Å². The van der Waals surface area contributed by atoms with Crippen LogP contribution in [0.3, 0.4) is 0 Å². The van der Waals surface area contributed by atoms with Gasteiger partial charge in [0.05, 0.1) is 5.92 Å². The van der Waals surface area contributed by atoms with Crippen molar-refractivity contribution in [3.8, 4) is 5.75 Å². The number of benzene rings is 1. The molecule has 1 aliphatic rings. The Hall–Kier alpha value is -2.50. The number of carbonyl (C=O) groups excluding carboxylic acids is 1. The third-order valence-corrected chi connectivity index (χ3v) is 3.15. The van der Waals surface area contributed by atoms with E-state index < -0.39 is 18.0 Å². The minimum atomic E-state index is -1.04. The number of aromatic hydroxyl groups is 1. The van der Waals surface area contributed by atoms with Crippen LogP contribution in [0.25, 0.3) is 0 Å². The van der Waals surface area contributed by atoms with Crippen LogP contribution in [0.5, 0.6) is 5.75 Å². The van der Waals surface area contributed by atoms with Gasteiger partial charge in [-0.1, -0.05) is 18.7 Å².